The van der Waals surface area contributed by atoms with Crippen molar-refractivity contribution >= 4 is 23.4 Å². The van der Waals surface area contributed by atoms with Crippen LogP contribution in [0.1, 0.15) is 12.5 Å². The van der Waals surface area contributed by atoms with Gasteiger partial charge in [-0.3, -0.25) is 4.79 Å². The third kappa shape index (κ3) is 4.83. The van der Waals surface area contributed by atoms with Gasteiger partial charge in [0.2, 0.25) is 5.91 Å². The Morgan fingerprint density at radius 3 is 2.33 bits per heavy atom. The van der Waals surface area contributed by atoms with Crippen LogP contribution in [0.25, 0.3) is 0 Å². The van der Waals surface area contributed by atoms with Crippen LogP contribution in [0.4, 0.5) is 5.69 Å². The molecule has 0 aromatic heterocycles. The Balaban J connectivity index is 1.91. The largest absolute Gasteiger partial charge is 0.494 e. The molecule has 0 saturated heterocycles. The smallest absolute Gasteiger partial charge is 0.228 e. The summed E-state index contributed by atoms with van der Waals surface area (Å²) in [5.74, 6) is 0.811. The van der Waals surface area contributed by atoms with E-state index in [-0.39, 0.29) is 5.91 Å². The zero-order valence-electron chi connectivity index (χ0n) is 12.3. The number of nitrogens with one attached hydrogen (secondary N) is 1. The molecule has 110 valence electrons. The fraction of sp³-hybridized carbons (Fsp3) is 0.235. The Morgan fingerprint density at radius 1 is 1.10 bits per heavy atom. The van der Waals surface area contributed by atoms with Crippen molar-refractivity contribution in [1.82, 2.24) is 0 Å². The topological polar surface area (TPSA) is 38.3 Å². The molecular weight excluding hydrogens is 282 g/mol. The molecule has 0 radical (unpaired) electrons. The molecule has 0 aliphatic rings. The second kappa shape index (κ2) is 7.74. The Labute approximate surface area is 129 Å². The average molecular weight is 301 g/mol. The van der Waals surface area contributed by atoms with Crippen LogP contribution in [0.2, 0.25) is 0 Å². The number of carbonyl (C=O) groups is 1. The van der Waals surface area contributed by atoms with E-state index in [2.05, 4.69) is 5.32 Å². The molecule has 21 heavy (non-hydrogen) atoms. The Bertz CT molecular complexity index is 579. The summed E-state index contributed by atoms with van der Waals surface area (Å²) in [6.07, 6.45) is 2.39. The third-order valence-corrected chi connectivity index (χ3v) is 3.72. The van der Waals surface area contributed by atoms with Gasteiger partial charge in [0, 0.05) is 10.6 Å². The number of anilines is 1. The number of ether oxygens (including phenoxy) is 1. The van der Waals surface area contributed by atoms with Crippen molar-refractivity contribution in [1.29, 1.82) is 0 Å². The van der Waals surface area contributed by atoms with E-state index in [0.717, 1.165) is 17.0 Å². The highest BCUT2D eigenvalue weighted by atomic mass is 32.2. The van der Waals surface area contributed by atoms with Crippen LogP contribution >= 0.6 is 11.8 Å². The molecule has 4 heteroatoms. The predicted molar refractivity (Wildman–Crippen MR) is 88.2 cm³/mol. The van der Waals surface area contributed by atoms with E-state index in [1.807, 2.05) is 61.7 Å². The van der Waals surface area contributed by atoms with Gasteiger partial charge in [-0.2, -0.15) is 0 Å². The van der Waals surface area contributed by atoms with Crippen LogP contribution in [-0.4, -0.2) is 18.8 Å². The number of hydrogen-bond donors (Lipinski definition) is 1. The van der Waals surface area contributed by atoms with Crippen molar-refractivity contribution in [3.8, 4) is 5.75 Å². The molecule has 0 fully saturated rings. The van der Waals surface area contributed by atoms with Gasteiger partial charge in [0.1, 0.15) is 5.75 Å². The standard InChI is InChI=1S/C17H19NO2S/c1-3-20-15-8-4-13(5-9-15)12-17(19)18-14-6-10-16(21-2)11-7-14/h4-11H,3,12H2,1-2H3,(H,18,19). The molecule has 0 atom stereocenters. The first-order valence-corrected chi connectivity index (χ1v) is 8.09. The Kier molecular flexibility index (Phi) is 5.69. The van der Waals surface area contributed by atoms with Crippen LogP contribution in [0.3, 0.4) is 0 Å². The van der Waals surface area contributed by atoms with Gasteiger partial charge in [-0.1, -0.05) is 12.1 Å². The monoisotopic (exact) mass is 301 g/mol. The maximum atomic E-state index is 12.0. The van der Waals surface area contributed by atoms with Gasteiger partial charge in [-0.15, -0.1) is 11.8 Å². The minimum Gasteiger partial charge on any atom is -0.494 e. The van der Waals surface area contributed by atoms with Crippen molar-refractivity contribution in [2.45, 2.75) is 18.2 Å². The fourth-order valence-electron chi connectivity index (χ4n) is 1.94. The van der Waals surface area contributed by atoms with Gasteiger partial charge in [0.05, 0.1) is 13.0 Å². The normalized spacial score (nSPS) is 10.2. The van der Waals surface area contributed by atoms with Gasteiger partial charge in [0.15, 0.2) is 0 Å². The fourth-order valence-corrected chi connectivity index (χ4v) is 2.34. The van der Waals surface area contributed by atoms with Gasteiger partial charge < -0.3 is 10.1 Å². The lowest BCUT2D eigenvalue weighted by atomic mass is 10.1. The summed E-state index contributed by atoms with van der Waals surface area (Å²) in [4.78, 5) is 13.2. The van der Waals surface area contributed by atoms with Crippen molar-refractivity contribution in [3.05, 3.63) is 54.1 Å². The van der Waals surface area contributed by atoms with E-state index in [4.69, 9.17) is 4.74 Å². The quantitative estimate of drug-likeness (QED) is 0.820. The number of thioether (sulfide) groups is 1. The highest BCUT2D eigenvalue weighted by Gasteiger charge is 2.04. The van der Waals surface area contributed by atoms with Crippen molar-refractivity contribution in [2.24, 2.45) is 0 Å². The number of hydrogen-bond acceptors (Lipinski definition) is 3. The van der Waals surface area contributed by atoms with Crippen molar-refractivity contribution < 1.29 is 9.53 Å². The molecule has 2 rings (SSSR count). The molecule has 0 aliphatic carbocycles. The van der Waals surface area contributed by atoms with E-state index >= 15 is 0 Å². The Hall–Kier alpha value is -1.94. The first-order chi connectivity index (χ1) is 10.2. The molecule has 0 unspecified atom stereocenters. The lowest BCUT2D eigenvalue weighted by molar-refractivity contribution is -0.115. The highest BCUT2D eigenvalue weighted by molar-refractivity contribution is 7.98. The van der Waals surface area contributed by atoms with E-state index in [0.29, 0.717) is 13.0 Å². The second-order valence-electron chi connectivity index (χ2n) is 4.53. The maximum Gasteiger partial charge on any atom is 0.228 e. The first-order valence-electron chi connectivity index (χ1n) is 6.87. The molecule has 0 aliphatic heterocycles. The van der Waals surface area contributed by atoms with Crippen LogP contribution in [0.5, 0.6) is 5.75 Å². The summed E-state index contributed by atoms with van der Waals surface area (Å²) in [6, 6.07) is 15.4. The van der Waals surface area contributed by atoms with E-state index in [1.54, 1.807) is 11.8 Å². The molecule has 0 saturated carbocycles. The molecule has 3 nitrogen and oxygen atoms in total. The van der Waals surface area contributed by atoms with Crippen LogP contribution < -0.4 is 10.1 Å². The van der Waals surface area contributed by atoms with E-state index < -0.39 is 0 Å². The molecule has 1 N–H and O–H groups in total. The summed E-state index contributed by atoms with van der Waals surface area (Å²) >= 11 is 1.68. The van der Waals surface area contributed by atoms with Gasteiger partial charge >= 0.3 is 0 Å². The van der Waals surface area contributed by atoms with E-state index in [1.165, 1.54) is 4.90 Å². The average Bonchev–Trinajstić information content (AvgIpc) is 2.50. The summed E-state index contributed by atoms with van der Waals surface area (Å²) < 4.78 is 5.38. The first kappa shape index (κ1) is 15.4. The molecule has 2 aromatic carbocycles. The molecule has 0 spiro atoms. The zero-order chi connectivity index (χ0) is 15.1. The SMILES string of the molecule is CCOc1ccc(CC(=O)Nc2ccc(SC)cc2)cc1. The molecule has 1 amide bonds. The van der Waals surface area contributed by atoms with Crippen LogP contribution in [-0.2, 0) is 11.2 Å². The summed E-state index contributed by atoms with van der Waals surface area (Å²) in [5, 5.41) is 2.90. The van der Waals surface area contributed by atoms with Gasteiger partial charge in [-0.05, 0) is 55.1 Å². The van der Waals surface area contributed by atoms with Gasteiger partial charge in [0.25, 0.3) is 0 Å². The number of carbonyl (C=O) groups excluding carboxylic acids is 1. The Morgan fingerprint density at radius 2 is 1.76 bits per heavy atom. The minimum absolute atomic E-state index is 0.0175. The summed E-state index contributed by atoms with van der Waals surface area (Å²) in [5.41, 5.74) is 1.79. The lowest BCUT2D eigenvalue weighted by Gasteiger charge is -2.07. The zero-order valence-corrected chi connectivity index (χ0v) is 13.1. The maximum absolute atomic E-state index is 12.0. The van der Waals surface area contributed by atoms with Crippen molar-refractivity contribution in [3.63, 3.8) is 0 Å². The third-order valence-electron chi connectivity index (χ3n) is 2.97. The lowest BCUT2D eigenvalue weighted by Crippen LogP contribution is -2.14. The number of amides is 1. The number of benzene rings is 2. The molecule has 0 bridgehead atoms. The molecule has 0 heterocycles. The second-order valence-corrected chi connectivity index (χ2v) is 5.41. The summed E-state index contributed by atoms with van der Waals surface area (Å²) in [6.45, 7) is 2.59. The predicted octanol–water partition coefficient (Wildman–Crippen LogP) is 3.99. The highest BCUT2D eigenvalue weighted by Crippen LogP contribution is 2.18. The summed E-state index contributed by atoms with van der Waals surface area (Å²) in [7, 11) is 0. The van der Waals surface area contributed by atoms with Gasteiger partial charge in [-0.25, -0.2) is 0 Å². The molecular formula is C17H19NO2S. The van der Waals surface area contributed by atoms with Crippen LogP contribution in [0.15, 0.2) is 53.4 Å². The van der Waals surface area contributed by atoms with Crippen LogP contribution in [0, 0.1) is 0 Å². The molecule has 2 aromatic rings. The van der Waals surface area contributed by atoms with E-state index in [9.17, 15) is 4.79 Å². The van der Waals surface area contributed by atoms with Crippen molar-refractivity contribution in [2.75, 3.05) is 18.2 Å². The minimum atomic E-state index is -0.0175. The number of rotatable bonds is 6.